The summed E-state index contributed by atoms with van der Waals surface area (Å²) in [5.41, 5.74) is 0. The van der Waals surface area contributed by atoms with Crippen molar-refractivity contribution in [2.24, 2.45) is 0 Å². The number of rotatable bonds is 0. The Kier molecular flexibility index (Phi) is 0.759. The summed E-state index contributed by atoms with van der Waals surface area (Å²) < 4.78 is 0. The van der Waals surface area contributed by atoms with Crippen LogP contribution in [0.4, 0.5) is 0 Å². The fourth-order valence-corrected chi connectivity index (χ4v) is 0. The predicted octanol–water partition coefficient (Wildman–Crippen LogP) is -0.0366. The molecule has 0 aromatic carbocycles. The van der Waals surface area contributed by atoms with Gasteiger partial charge in [-0.15, -0.1) is 0 Å². The van der Waals surface area contributed by atoms with Gasteiger partial charge in [0.2, 0.25) is 0 Å². The Morgan fingerprint density at radius 2 is 2.00 bits per heavy atom. The quantitative estimate of drug-likeness (QED) is 0.361. The third-order valence-corrected chi connectivity index (χ3v) is 0. The van der Waals surface area contributed by atoms with Crippen molar-refractivity contribution < 1.29 is 9.90 Å². The SMILES string of the molecule is CC(=O)[O+]. The van der Waals surface area contributed by atoms with Crippen LogP contribution >= 0.6 is 0 Å². The molecule has 0 heterocycles. The Balaban J connectivity index is 2.80. The minimum atomic E-state index is -1.08. The highest BCUT2D eigenvalue weighted by atomic mass is 16.4. The fraction of sp³-hybridized carbons (Fsp3) is 0.500. The molecule has 22 valence electrons. The summed E-state index contributed by atoms with van der Waals surface area (Å²) in [7, 11) is 0. The van der Waals surface area contributed by atoms with Crippen molar-refractivity contribution in [2.45, 2.75) is 6.92 Å². The lowest BCUT2D eigenvalue weighted by atomic mass is 10.9. The van der Waals surface area contributed by atoms with E-state index in [1.807, 2.05) is 0 Å². The van der Waals surface area contributed by atoms with Crippen LogP contribution in [0.3, 0.4) is 0 Å². The molecule has 0 bridgehead atoms. The van der Waals surface area contributed by atoms with Crippen LogP contribution in [0.5, 0.6) is 0 Å². The van der Waals surface area contributed by atoms with Crippen molar-refractivity contribution in [1.29, 1.82) is 0 Å². The van der Waals surface area contributed by atoms with Gasteiger partial charge < -0.3 is 0 Å². The number of carbonyl (C=O) groups is 1. The maximum absolute atomic E-state index is 8.89. The molecule has 0 aromatic rings. The van der Waals surface area contributed by atoms with E-state index in [0.717, 1.165) is 6.92 Å². The topological polar surface area (TPSA) is 37.0 Å². The summed E-state index contributed by atoms with van der Waals surface area (Å²) in [4.78, 5) is 8.89. The van der Waals surface area contributed by atoms with Crippen LogP contribution in [0.15, 0.2) is 0 Å². The van der Waals surface area contributed by atoms with Gasteiger partial charge in [-0.2, -0.15) is 0 Å². The van der Waals surface area contributed by atoms with Gasteiger partial charge in [-0.25, -0.2) is 0 Å². The molecule has 2 nitrogen and oxygen atoms in total. The molecule has 2 radical (unpaired) electrons. The maximum Gasteiger partial charge on any atom is 0.654 e. The van der Waals surface area contributed by atoms with Crippen LogP contribution in [0.1, 0.15) is 6.92 Å². The van der Waals surface area contributed by atoms with Crippen LogP contribution in [0, 0.1) is 0 Å². The second-order valence-electron chi connectivity index (χ2n) is 0.492. The van der Waals surface area contributed by atoms with Gasteiger partial charge in [-0.05, 0) is 0 Å². The van der Waals surface area contributed by atoms with E-state index >= 15 is 0 Å². The first-order chi connectivity index (χ1) is 1.73. The number of hydrogen-bond donors (Lipinski definition) is 0. The third-order valence-electron chi connectivity index (χ3n) is 0. The van der Waals surface area contributed by atoms with Crippen molar-refractivity contribution in [3.05, 3.63) is 0 Å². The molecule has 0 saturated carbocycles. The van der Waals surface area contributed by atoms with Crippen molar-refractivity contribution in [3.63, 3.8) is 0 Å². The Labute approximate surface area is 24.1 Å². The predicted molar refractivity (Wildman–Crippen MR) is 11.4 cm³/mol. The summed E-state index contributed by atoms with van der Waals surface area (Å²) >= 11 is 0. The van der Waals surface area contributed by atoms with Gasteiger partial charge in [-0.3, -0.25) is 0 Å². The Bertz CT molecular complexity index is 27.0. The summed E-state index contributed by atoms with van der Waals surface area (Å²) in [5, 5.41) is 8.89. The first-order valence-corrected chi connectivity index (χ1v) is 0.908. The lowest BCUT2D eigenvalue weighted by molar-refractivity contribution is -0.140. The van der Waals surface area contributed by atoms with E-state index in [0.29, 0.717) is 0 Å². The molecule has 2 heteroatoms. The smallest absolute Gasteiger partial charge is 0.0564 e. The molecule has 0 aromatic heterocycles. The van der Waals surface area contributed by atoms with Crippen LogP contribution in [0.25, 0.3) is 0 Å². The molecule has 0 aliphatic carbocycles. The van der Waals surface area contributed by atoms with Crippen LogP contribution in [-0.2, 0) is 9.90 Å². The molecular weight excluding hydrogens is 56.0 g/mol. The lowest BCUT2D eigenvalue weighted by Crippen LogP contribution is -1.74. The van der Waals surface area contributed by atoms with Crippen LogP contribution in [-0.4, -0.2) is 5.97 Å². The number of hydrogen-bond acceptors (Lipinski definition) is 1. The molecule has 0 atom stereocenters. The highest BCUT2D eigenvalue weighted by molar-refractivity contribution is 5.62. The molecule has 0 aliphatic heterocycles. The van der Waals surface area contributed by atoms with Gasteiger partial charge in [0.1, 0.15) is 6.92 Å². The zero-order valence-electron chi connectivity index (χ0n) is 2.32. The Morgan fingerprint density at radius 1 is 2.00 bits per heavy atom. The van der Waals surface area contributed by atoms with E-state index in [2.05, 4.69) is 0 Å². The normalized spacial score (nSPS) is 6.25. The van der Waals surface area contributed by atoms with E-state index in [-0.39, 0.29) is 0 Å². The highest BCUT2D eigenvalue weighted by Gasteiger charge is 1.97. The van der Waals surface area contributed by atoms with Crippen molar-refractivity contribution >= 4 is 5.97 Å². The van der Waals surface area contributed by atoms with Gasteiger partial charge in [-0.1, -0.05) is 0 Å². The second-order valence-corrected chi connectivity index (χ2v) is 0.492. The minimum absolute atomic E-state index is 0.972. The van der Waals surface area contributed by atoms with Gasteiger partial charge in [0.25, 0.3) is 0 Å². The fourth-order valence-electron chi connectivity index (χ4n) is 0. The molecule has 0 saturated heterocycles. The molecular formula is C2H3O2+. The van der Waals surface area contributed by atoms with Gasteiger partial charge in [0.15, 0.2) is 0 Å². The molecule has 0 N–H and O–H groups in total. The zero-order valence-corrected chi connectivity index (χ0v) is 2.32. The molecule has 0 spiro atoms. The lowest BCUT2D eigenvalue weighted by Gasteiger charge is -1.24. The molecule has 0 rings (SSSR count). The largest absolute Gasteiger partial charge is 0.654 e. The van der Waals surface area contributed by atoms with Crippen LogP contribution < -0.4 is 0 Å². The average Bonchev–Trinajstić information content (AvgIpc) is 0.811. The molecule has 0 amide bonds. The molecule has 0 fully saturated rings. The van der Waals surface area contributed by atoms with Gasteiger partial charge in [0.05, 0.1) is 9.90 Å². The summed E-state index contributed by atoms with van der Waals surface area (Å²) in [5.74, 6) is -1.08. The van der Waals surface area contributed by atoms with Gasteiger partial charge in [0, 0.05) is 0 Å². The van der Waals surface area contributed by atoms with Crippen LogP contribution in [0.2, 0.25) is 0 Å². The summed E-state index contributed by atoms with van der Waals surface area (Å²) in [6.07, 6.45) is 0. The summed E-state index contributed by atoms with van der Waals surface area (Å²) in [6.45, 7) is 0.972. The van der Waals surface area contributed by atoms with E-state index in [1.54, 1.807) is 0 Å². The molecule has 0 unspecified atom stereocenters. The monoisotopic (exact) mass is 59.0 g/mol. The first kappa shape index (κ1) is 3.47. The van der Waals surface area contributed by atoms with E-state index in [4.69, 9.17) is 9.90 Å². The second kappa shape index (κ2) is 0.875. The molecule has 0 aliphatic rings. The van der Waals surface area contributed by atoms with Crippen molar-refractivity contribution in [1.82, 2.24) is 0 Å². The maximum atomic E-state index is 8.89. The third kappa shape index (κ3) is 1.16. The molecule has 4 heavy (non-hydrogen) atoms. The van der Waals surface area contributed by atoms with E-state index in [1.165, 1.54) is 0 Å². The van der Waals surface area contributed by atoms with Crippen molar-refractivity contribution in [3.8, 4) is 0 Å². The Hall–Kier alpha value is -0.530. The summed E-state index contributed by atoms with van der Waals surface area (Å²) in [6, 6.07) is 0. The Morgan fingerprint density at radius 3 is 2.00 bits per heavy atom. The first-order valence-electron chi connectivity index (χ1n) is 0.908. The standard InChI is InChI=1S/C2H3O2/c1-2(3)4/h1H3/q+1. The van der Waals surface area contributed by atoms with E-state index in [9.17, 15) is 0 Å². The van der Waals surface area contributed by atoms with Crippen molar-refractivity contribution in [2.75, 3.05) is 0 Å². The number of carbonyl (C=O) groups excluding carboxylic acids is 1. The van der Waals surface area contributed by atoms with Gasteiger partial charge >= 0.3 is 5.97 Å². The van der Waals surface area contributed by atoms with E-state index < -0.39 is 5.97 Å². The highest BCUT2D eigenvalue weighted by Crippen LogP contribution is 1.45. The zero-order chi connectivity index (χ0) is 3.58. The average molecular weight is 59.0 g/mol. The minimum Gasteiger partial charge on any atom is 0.0564 e.